The van der Waals surface area contributed by atoms with Gasteiger partial charge in [0, 0.05) is 11.6 Å². The van der Waals surface area contributed by atoms with Crippen molar-refractivity contribution in [2.24, 2.45) is 0 Å². The molecule has 0 radical (unpaired) electrons. The molecule has 7 heteroatoms. The Bertz CT molecular complexity index is 473. The molecule has 1 aromatic carbocycles. The Balaban J connectivity index is 3.14. The number of carbonyl (C=O) groups is 1. The Morgan fingerprint density at radius 3 is 2.56 bits per heavy atom. The van der Waals surface area contributed by atoms with Gasteiger partial charge in [-0.15, -0.1) is 0 Å². The Kier molecular flexibility index (Phi) is 4.35. The Morgan fingerprint density at radius 1 is 1.44 bits per heavy atom. The summed E-state index contributed by atoms with van der Waals surface area (Å²) in [6.45, 7) is 1.43. The van der Waals surface area contributed by atoms with Crippen LogP contribution in [0.3, 0.4) is 0 Å². The highest BCUT2D eigenvalue weighted by atomic mass is 16.6. The van der Waals surface area contributed by atoms with Gasteiger partial charge in [-0.25, -0.2) is 4.79 Å². The van der Waals surface area contributed by atoms with Crippen LogP contribution in [0.15, 0.2) is 18.2 Å². The standard InChI is InChI=1S/C11H13NO6/c1-6-7(4-3-5-8(6)12(16)17)9(13)10(14)11(15)18-2/h3-5,9-10,13-14H,1-2H3. The lowest BCUT2D eigenvalue weighted by Gasteiger charge is -2.17. The van der Waals surface area contributed by atoms with Crippen molar-refractivity contribution in [2.45, 2.75) is 19.1 Å². The summed E-state index contributed by atoms with van der Waals surface area (Å²) in [5, 5.41) is 30.0. The number of aliphatic hydroxyl groups excluding tert-OH is 2. The summed E-state index contributed by atoms with van der Waals surface area (Å²) in [7, 11) is 1.07. The molecule has 0 aliphatic carbocycles. The van der Waals surface area contributed by atoms with Crippen molar-refractivity contribution in [1.82, 2.24) is 0 Å². The quantitative estimate of drug-likeness (QED) is 0.459. The molecular formula is C11H13NO6. The molecule has 0 saturated heterocycles. The second-order valence-electron chi connectivity index (χ2n) is 3.66. The monoisotopic (exact) mass is 255 g/mol. The molecule has 0 aliphatic heterocycles. The molecule has 7 nitrogen and oxygen atoms in total. The number of ether oxygens (including phenoxy) is 1. The molecule has 0 amide bonds. The number of nitro groups is 1. The van der Waals surface area contributed by atoms with Gasteiger partial charge in [-0.1, -0.05) is 12.1 Å². The number of esters is 1. The number of aliphatic hydroxyl groups is 2. The second-order valence-corrected chi connectivity index (χ2v) is 3.66. The van der Waals surface area contributed by atoms with Crippen LogP contribution in [0.4, 0.5) is 5.69 Å². The van der Waals surface area contributed by atoms with Gasteiger partial charge < -0.3 is 14.9 Å². The van der Waals surface area contributed by atoms with Crippen LogP contribution in [0, 0.1) is 17.0 Å². The van der Waals surface area contributed by atoms with Crippen LogP contribution in [0.2, 0.25) is 0 Å². The molecule has 0 aliphatic rings. The van der Waals surface area contributed by atoms with Crippen LogP contribution >= 0.6 is 0 Å². The second kappa shape index (κ2) is 5.56. The number of rotatable bonds is 4. The molecule has 0 saturated carbocycles. The molecule has 98 valence electrons. The first-order valence-corrected chi connectivity index (χ1v) is 5.08. The zero-order valence-electron chi connectivity index (χ0n) is 9.86. The normalized spacial score (nSPS) is 13.8. The number of nitrogens with zero attached hydrogens (tertiary/aromatic N) is 1. The van der Waals surface area contributed by atoms with Gasteiger partial charge >= 0.3 is 5.97 Å². The van der Waals surface area contributed by atoms with Gasteiger partial charge in [0.1, 0.15) is 6.10 Å². The van der Waals surface area contributed by atoms with E-state index in [2.05, 4.69) is 4.74 Å². The molecule has 2 unspecified atom stereocenters. The molecule has 2 atom stereocenters. The zero-order valence-corrected chi connectivity index (χ0v) is 9.86. The number of hydrogen-bond acceptors (Lipinski definition) is 6. The topological polar surface area (TPSA) is 110 Å². The van der Waals surface area contributed by atoms with E-state index in [9.17, 15) is 25.1 Å². The Morgan fingerprint density at radius 2 is 2.06 bits per heavy atom. The summed E-state index contributed by atoms with van der Waals surface area (Å²) in [6.07, 6.45) is -3.35. The van der Waals surface area contributed by atoms with Crippen molar-refractivity contribution in [1.29, 1.82) is 0 Å². The van der Waals surface area contributed by atoms with Crippen molar-refractivity contribution < 1.29 is 24.7 Å². The summed E-state index contributed by atoms with van der Waals surface area (Å²) in [4.78, 5) is 21.2. The van der Waals surface area contributed by atoms with E-state index in [0.29, 0.717) is 0 Å². The molecule has 1 aromatic rings. The molecule has 1 rings (SSSR count). The van der Waals surface area contributed by atoms with E-state index in [4.69, 9.17) is 0 Å². The van der Waals surface area contributed by atoms with Crippen LogP contribution < -0.4 is 0 Å². The maximum Gasteiger partial charge on any atom is 0.337 e. The van der Waals surface area contributed by atoms with E-state index in [1.165, 1.54) is 25.1 Å². The zero-order chi connectivity index (χ0) is 13.9. The summed E-state index contributed by atoms with van der Waals surface area (Å²) in [5.74, 6) is -1.01. The minimum Gasteiger partial charge on any atom is -0.467 e. The lowest BCUT2D eigenvalue weighted by atomic mass is 9.98. The minimum absolute atomic E-state index is 0.113. The lowest BCUT2D eigenvalue weighted by Crippen LogP contribution is -2.29. The van der Waals surface area contributed by atoms with Gasteiger partial charge in [0.25, 0.3) is 5.69 Å². The minimum atomic E-state index is -1.78. The first kappa shape index (κ1) is 14.1. The number of carbonyl (C=O) groups excluding carboxylic acids is 1. The largest absolute Gasteiger partial charge is 0.467 e. The van der Waals surface area contributed by atoms with Gasteiger partial charge in [0.2, 0.25) is 0 Å². The van der Waals surface area contributed by atoms with Crippen LogP contribution in [-0.2, 0) is 9.53 Å². The third kappa shape index (κ3) is 2.63. The fourth-order valence-corrected chi connectivity index (χ4v) is 1.58. The van der Waals surface area contributed by atoms with E-state index in [1.807, 2.05) is 0 Å². The van der Waals surface area contributed by atoms with Crippen LogP contribution in [0.1, 0.15) is 17.2 Å². The molecule has 0 heterocycles. The van der Waals surface area contributed by atoms with E-state index in [1.54, 1.807) is 0 Å². The van der Waals surface area contributed by atoms with E-state index in [-0.39, 0.29) is 16.8 Å². The highest BCUT2D eigenvalue weighted by Gasteiger charge is 2.29. The average Bonchev–Trinajstić information content (AvgIpc) is 2.36. The molecule has 18 heavy (non-hydrogen) atoms. The summed E-state index contributed by atoms with van der Waals surface area (Å²) < 4.78 is 4.29. The van der Waals surface area contributed by atoms with Gasteiger partial charge in [-0.2, -0.15) is 0 Å². The fraction of sp³-hybridized carbons (Fsp3) is 0.364. The van der Waals surface area contributed by atoms with E-state index >= 15 is 0 Å². The van der Waals surface area contributed by atoms with Crippen molar-refractivity contribution in [3.05, 3.63) is 39.4 Å². The molecule has 0 fully saturated rings. The maximum atomic E-state index is 11.1. The summed E-state index contributed by atoms with van der Waals surface area (Å²) in [5.41, 5.74) is 0.115. The SMILES string of the molecule is COC(=O)C(O)C(O)c1cccc([N+](=O)[O-])c1C. The van der Waals surface area contributed by atoms with Gasteiger partial charge in [-0.3, -0.25) is 10.1 Å². The van der Waals surface area contributed by atoms with Crippen molar-refractivity contribution in [2.75, 3.05) is 7.11 Å². The molecular weight excluding hydrogens is 242 g/mol. The fourth-order valence-electron chi connectivity index (χ4n) is 1.58. The third-order valence-electron chi connectivity index (χ3n) is 2.60. The highest BCUT2D eigenvalue weighted by Crippen LogP contribution is 2.27. The lowest BCUT2D eigenvalue weighted by molar-refractivity contribution is -0.385. The first-order valence-electron chi connectivity index (χ1n) is 5.08. The summed E-state index contributed by atoms with van der Waals surface area (Å²) in [6, 6.07) is 4.04. The van der Waals surface area contributed by atoms with Crippen LogP contribution in [0.25, 0.3) is 0 Å². The highest BCUT2D eigenvalue weighted by molar-refractivity contribution is 5.75. The molecule has 0 aromatic heterocycles. The average molecular weight is 255 g/mol. The smallest absolute Gasteiger partial charge is 0.337 e. The predicted molar refractivity (Wildman–Crippen MR) is 60.8 cm³/mol. The van der Waals surface area contributed by atoms with Crippen molar-refractivity contribution in [3.63, 3.8) is 0 Å². The number of nitro benzene ring substituents is 1. The first-order chi connectivity index (χ1) is 8.40. The van der Waals surface area contributed by atoms with Crippen LogP contribution in [-0.4, -0.2) is 34.3 Å². The molecule has 2 N–H and O–H groups in total. The van der Waals surface area contributed by atoms with Gasteiger partial charge in [-0.05, 0) is 12.5 Å². The van der Waals surface area contributed by atoms with Crippen molar-refractivity contribution in [3.8, 4) is 0 Å². The van der Waals surface area contributed by atoms with Crippen LogP contribution in [0.5, 0.6) is 0 Å². The Hall–Kier alpha value is -1.99. The maximum absolute atomic E-state index is 11.1. The van der Waals surface area contributed by atoms with Gasteiger partial charge in [0.15, 0.2) is 6.10 Å². The van der Waals surface area contributed by atoms with Crippen molar-refractivity contribution >= 4 is 11.7 Å². The van der Waals surface area contributed by atoms with E-state index < -0.39 is 23.1 Å². The third-order valence-corrected chi connectivity index (χ3v) is 2.60. The van der Waals surface area contributed by atoms with Gasteiger partial charge in [0.05, 0.1) is 12.0 Å². The Labute approximate surface area is 103 Å². The predicted octanol–water partition coefficient (Wildman–Crippen LogP) is 0.471. The number of hydrogen-bond donors (Lipinski definition) is 2. The summed E-state index contributed by atoms with van der Waals surface area (Å²) >= 11 is 0. The van der Waals surface area contributed by atoms with E-state index in [0.717, 1.165) is 7.11 Å². The number of benzene rings is 1. The number of methoxy groups -OCH3 is 1. The molecule has 0 spiro atoms. The molecule has 0 bridgehead atoms.